The van der Waals surface area contributed by atoms with Gasteiger partial charge in [-0.2, -0.15) is 5.26 Å². The summed E-state index contributed by atoms with van der Waals surface area (Å²) < 4.78 is 15.9. The second kappa shape index (κ2) is 5.51. The van der Waals surface area contributed by atoms with Crippen LogP contribution in [0.5, 0.6) is 0 Å². The van der Waals surface area contributed by atoms with Gasteiger partial charge in [0.1, 0.15) is 17.2 Å². The Labute approximate surface area is 125 Å². The zero-order valence-corrected chi connectivity index (χ0v) is 11.7. The average Bonchev–Trinajstić information content (AvgIpc) is 2.85. The third-order valence-corrected chi connectivity index (χ3v) is 3.31. The Balaban J connectivity index is 2.28. The number of aromatic nitrogens is 3. The van der Waals surface area contributed by atoms with Gasteiger partial charge in [-0.05, 0) is 30.3 Å². The van der Waals surface area contributed by atoms with Crippen LogP contribution in [0.2, 0.25) is 0 Å². The quantitative estimate of drug-likeness (QED) is 0.698. The lowest BCUT2D eigenvalue weighted by Crippen LogP contribution is -2.05. The fourth-order valence-electron chi connectivity index (χ4n) is 2.22. The molecule has 0 N–H and O–H groups in total. The zero-order chi connectivity index (χ0) is 14.8. The number of pyridine rings is 1. The number of rotatable bonds is 3. The van der Waals surface area contributed by atoms with Crippen LogP contribution in [0.25, 0.3) is 16.9 Å². The van der Waals surface area contributed by atoms with E-state index in [1.165, 1.54) is 6.07 Å². The van der Waals surface area contributed by atoms with Crippen LogP contribution in [0.15, 0.2) is 36.5 Å². The van der Waals surface area contributed by atoms with Gasteiger partial charge in [0.2, 0.25) is 0 Å². The number of benzene rings is 1. The number of imidazole rings is 1. The van der Waals surface area contributed by atoms with Crippen molar-refractivity contribution >= 4 is 22.8 Å². The van der Waals surface area contributed by atoms with E-state index in [2.05, 4.69) is 9.97 Å². The molecular weight excluding hydrogens is 291 g/mol. The van der Waals surface area contributed by atoms with E-state index in [9.17, 15) is 4.39 Å². The summed E-state index contributed by atoms with van der Waals surface area (Å²) in [5, 5.41) is 8.83. The summed E-state index contributed by atoms with van der Waals surface area (Å²) in [5.41, 5.74) is 1.84. The van der Waals surface area contributed by atoms with Crippen molar-refractivity contribution in [3.8, 4) is 11.8 Å². The van der Waals surface area contributed by atoms with E-state index < -0.39 is 5.82 Å². The molecule has 0 amide bonds. The Morgan fingerprint density at radius 2 is 2.19 bits per heavy atom. The number of nitrogens with zero attached hydrogens (tertiary/aromatic N) is 4. The summed E-state index contributed by atoms with van der Waals surface area (Å²) in [6.45, 7) is 0. The highest BCUT2D eigenvalue weighted by Crippen LogP contribution is 2.23. The van der Waals surface area contributed by atoms with Gasteiger partial charge in [-0.3, -0.25) is 4.57 Å². The van der Waals surface area contributed by atoms with E-state index in [0.29, 0.717) is 35.0 Å². The van der Waals surface area contributed by atoms with Crippen molar-refractivity contribution in [1.29, 1.82) is 5.26 Å². The van der Waals surface area contributed by atoms with Crippen molar-refractivity contribution in [3.63, 3.8) is 0 Å². The second-order valence-corrected chi connectivity index (χ2v) is 4.80. The van der Waals surface area contributed by atoms with Gasteiger partial charge in [0.25, 0.3) is 0 Å². The summed E-state index contributed by atoms with van der Waals surface area (Å²) in [5.74, 6) is 0.526. The Morgan fingerprint density at radius 3 is 2.90 bits per heavy atom. The Kier molecular flexibility index (Phi) is 3.55. The van der Waals surface area contributed by atoms with Crippen molar-refractivity contribution in [2.45, 2.75) is 6.42 Å². The van der Waals surface area contributed by atoms with Crippen LogP contribution in [0, 0.1) is 17.1 Å². The molecule has 0 fully saturated rings. The van der Waals surface area contributed by atoms with Crippen LogP contribution < -0.4 is 0 Å². The first kappa shape index (κ1) is 13.5. The largest absolute Gasteiger partial charge is 0.278 e. The molecular formula is C15H10ClFN4. The van der Waals surface area contributed by atoms with Crippen LogP contribution in [0.3, 0.4) is 0 Å². The van der Waals surface area contributed by atoms with Gasteiger partial charge >= 0.3 is 0 Å². The summed E-state index contributed by atoms with van der Waals surface area (Å²) in [6.07, 6.45) is 2.13. The Bertz CT molecular complexity index is 850. The molecule has 21 heavy (non-hydrogen) atoms. The van der Waals surface area contributed by atoms with Crippen LogP contribution >= 0.6 is 11.6 Å². The van der Waals surface area contributed by atoms with Gasteiger partial charge in [0.15, 0.2) is 5.65 Å². The van der Waals surface area contributed by atoms with E-state index in [4.69, 9.17) is 16.9 Å². The minimum absolute atomic E-state index is 0.271. The number of fused-ring (bicyclic) bond motifs is 1. The molecule has 3 aromatic rings. The first-order valence-corrected chi connectivity index (χ1v) is 6.86. The van der Waals surface area contributed by atoms with Crippen molar-refractivity contribution in [1.82, 2.24) is 14.5 Å². The molecule has 0 radical (unpaired) electrons. The van der Waals surface area contributed by atoms with Crippen LogP contribution in [-0.4, -0.2) is 20.4 Å². The summed E-state index contributed by atoms with van der Waals surface area (Å²) in [7, 11) is 0. The second-order valence-electron chi connectivity index (χ2n) is 4.43. The first-order valence-electron chi connectivity index (χ1n) is 6.33. The number of hydrogen-bond donors (Lipinski definition) is 0. The minimum Gasteiger partial charge on any atom is -0.278 e. The highest BCUT2D eigenvalue weighted by Gasteiger charge is 2.16. The number of nitriles is 1. The molecule has 4 nitrogen and oxygen atoms in total. The highest BCUT2D eigenvalue weighted by atomic mass is 35.5. The average molecular weight is 301 g/mol. The molecule has 2 heterocycles. The summed E-state index contributed by atoms with van der Waals surface area (Å²) >= 11 is 5.80. The van der Waals surface area contributed by atoms with E-state index >= 15 is 0 Å². The monoisotopic (exact) mass is 300 g/mol. The maximum atomic E-state index is 14.3. The van der Waals surface area contributed by atoms with Gasteiger partial charge in [-0.1, -0.05) is 0 Å². The number of aryl methyl sites for hydroxylation is 1. The third-order valence-electron chi connectivity index (χ3n) is 3.12. The molecule has 104 valence electrons. The lowest BCUT2D eigenvalue weighted by molar-refractivity contribution is 0.616. The maximum absolute atomic E-state index is 14.3. The lowest BCUT2D eigenvalue weighted by Gasteiger charge is -2.09. The van der Waals surface area contributed by atoms with Gasteiger partial charge in [0, 0.05) is 18.5 Å². The van der Waals surface area contributed by atoms with Crippen molar-refractivity contribution in [2.24, 2.45) is 0 Å². The van der Waals surface area contributed by atoms with Crippen molar-refractivity contribution < 1.29 is 4.39 Å². The fourth-order valence-corrected chi connectivity index (χ4v) is 2.39. The zero-order valence-electron chi connectivity index (χ0n) is 10.9. The molecule has 0 aliphatic heterocycles. The molecule has 0 bridgehead atoms. The van der Waals surface area contributed by atoms with Crippen LogP contribution in [0.4, 0.5) is 4.39 Å². The van der Waals surface area contributed by atoms with E-state index in [1.807, 2.05) is 12.1 Å². The molecule has 6 heteroatoms. The van der Waals surface area contributed by atoms with Crippen molar-refractivity contribution in [2.75, 3.05) is 5.88 Å². The number of hydrogen-bond acceptors (Lipinski definition) is 3. The molecule has 0 saturated heterocycles. The van der Waals surface area contributed by atoms with Gasteiger partial charge < -0.3 is 0 Å². The smallest absolute Gasteiger partial charge is 0.164 e. The standard InChI is InChI=1S/C15H10ClFN4/c16-6-5-14-20-12-2-1-7-19-15(12)21(14)13-4-3-10(9-18)8-11(13)17/h1-4,7-8H,5-6H2. The van der Waals surface area contributed by atoms with Gasteiger partial charge in [0.05, 0.1) is 17.3 Å². The lowest BCUT2D eigenvalue weighted by atomic mass is 10.2. The van der Waals surface area contributed by atoms with Crippen molar-refractivity contribution in [3.05, 3.63) is 53.7 Å². The summed E-state index contributed by atoms with van der Waals surface area (Å²) in [4.78, 5) is 8.72. The molecule has 0 unspecified atom stereocenters. The van der Waals surface area contributed by atoms with Crippen LogP contribution in [0.1, 0.15) is 11.4 Å². The number of halogens is 2. The molecule has 3 rings (SSSR count). The van der Waals surface area contributed by atoms with E-state index in [0.717, 1.165) is 0 Å². The SMILES string of the molecule is N#Cc1ccc(-n2c(CCCl)nc3cccnc32)c(F)c1. The molecule has 0 aliphatic rings. The van der Waals surface area contributed by atoms with E-state index in [1.54, 1.807) is 29.0 Å². The normalized spacial score (nSPS) is 10.7. The predicted octanol–water partition coefficient (Wildman–Crippen LogP) is 3.21. The minimum atomic E-state index is -0.491. The molecule has 0 atom stereocenters. The topological polar surface area (TPSA) is 54.5 Å². The third kappa shape index (κ3) is 2.34. The molecule has 1 aromatic carbocycles. The Hall–Kier alpha value is -2.45. The van der Waals surface area contributed by atoms with E-state index in [-0.39, 0.29) is 5.56 Å². The highest BCUT2D eigenvalue weighted by molar-refractivity contribution is 6.17. The van der Waals surface area contributed by atoms with Gasteiger partial charge in [-0.25, -0.2) is 14.4 Å². The predicted molar refractivity (Wildman–Crippen MR) is 78.0 cm³/mol. The maximum Gasteiger partial charge on any atom is 0.164 e. The summed E-state index contributed by atoms with van der Waals surface area (Å²) in [6, 6.07) is 9.84. The van der Waals surface area contributed by atoms with Gasteiger partial charge in [-0.15, -0.1) is 11.6 Å². The molecule has 2 aromatic heterocycles. The molecule has 0 spiro atoms. The van der Waals surface area contributed by atoms with Crippen LogP contribution in [-0.2, 0) is 6.42 Å². The fraction of sp³-hybridized carbons (Fsp3) is 0.133. The Morgan fingerprint density at radius 1 is 1.33 bits per heavy atom. The first-order chi connectivity index (χ1) is 10.2. The molecule has 0 saturated carbocycles. The number of alkyl halides is 1. The molecule has 0 aliphatic carbocycles.